The Morgan fingerprint density at radius 1 is 0.352 bits per heavy atom. The maximum atomic E-state index is 12.8. The van der Waals surface area contributed by atoms with Gasteiger partial charge in [0, 0.05) is 70.1 Å². The number of rotatable bonds is 9. The normalized spacial score (nSPS) is 14.4. The van der Waals surface area contributed by atoms with Crippen LogP contribution in [-0.4, -0.2) is 210 Å². The van der Waals surface area contributed by atoms with Gasteiger partial charge >= 0.3 is 12.3 Å². The SMILES string of the molecule is C#Cc1ccc2c(c1)C(=O)N(CC)C2=O.CCN1C(=O)c2cc3c(cc2C1=O)OCO3.CCN1C(=O)c2ccc(C(C)(C)C)cc2C1=O.CCN1C(=O)c2ccc(C)cc2C1=O.CCN1C(=O)c2ccc(F)cc2C1=O.CCN1C(=O)c2ccc([N+](=O)[O-])cc2C1=O.CCN1C(=O)c2ccc3ccccc3c2C1=O.CCN1C(=O)c2ccccc2C1=O.O=C=O.O=C=O. The summed E-state index contributed by atoms with van der Waals surface area (Å²) in [5.74, 6) is -1.03. The van der Waals surface area contributed by atoms with Gasteiger partial charge in [-0.05, 0) is 181 Å². The molecule has 0 bridgehead atoms. The smallest absolute Gasteiger partial charge is 0.373 e. The first-order chi connectivity index (χ1) is 60.9. The van der Waals surface area contributed by atoms with Crippen molar-refractivity contribution >= 4 is 123 Å². The predicted octanol–water partition coefficient (Wildman–Crippen LogP) is 11.8. The number of nitrogens with zero attached hydrogens (tertiary/aromatic N) is 9. The summed E-state index contributed by atoms with van der Waals surface area (Å²) < 4.78 is 23.2. The number of hydrogen-bond acceptors (Lipinski definition) is 24. The van der Waals surface area contributed by atoms with Crippen LogP contribution < -0.4 is 9.47 Å². The zero-order valence-electron chi connectivity index (χ0n) is 71.2. The quantitative estimate of drug-likeness (QED) is 0.0560. The number of terminal acetylenes is 1. The average molecular weight is 1740 g/mol. The summed E-state index contributed by atoms with van der Waals surface area (Å²) in [6.07, 6.45) is 5.73. The van der Waals surface area contributed by atoms with E-state index in [-0.39, 0.29) is 130 Å². The highest BCUT2D eigenvalue weighted by molar-refractivity contribution is 6.28. The summed E-state index contributed by atoms with van der Waals surface area (Å²) >= 11 is 0. The van der Waals surface area contributed by atoms with Crippen LogP contribution in [0.1, 0.15) is 259 Å². The zero-order chi connectivity index (χ0) is 94.4. The first kappa shape index (κ1) is 95.4. The van der Waals surface area contributed by atoms with Crippen LogP contribution in [0.2, 0.25) is 0 Å². The third kappa shape index (κ3) is 18.9. The molecule has 0 spiro atoms. The summed E-state index contributed by atoms with van der Waals surface area (Å²) in [6.45, 7) is 25.5. The van der Waals surface area contributed by atoms with E-state index < -0.39 is 28.5 Å². The topological polar surface area (TPSA) is 429 Å². The second-order valence-corrected chi connectivity index (χ2v) is 29.2. The fourth-order valence-corrected chi connectivity index (χ4v) is 14.5. The zero-order valence-corrected chi connectivity index (χ0v) is 71.2. The van der Waals surface area contributed by atoms with Crippen LogP contribution in [0.3, 0.4) is 0 Å². The average Bonchev–Trinajstić information content (AvgIpc) is 1.60. The molecule has 0 N–H and O–H groups in total. The number of ether oxygens (including phenoxy) is 2. The largest absolute Gasteiger partial charge is 0.454 e. The Labute approximate surface area is 730 Å². The molecule has 9 aliphatic heterocycles. The van der Waals surface area contributed by atoms with Gasteiger partial charge in [0.2, 0.25) is 6.79 Å². The molecule has 34 heteroatoms. The molecule has 16 amide bonds. The number of nitro groups is 1. The molecule has 0 radical (unpaired) electrons. The van der Waals surface area contributed by atoms with Crippen molar-refractivity contribution in [1.82, 2.24) is 39.2 Å². The van der Waals surface area contributed by atoms with Gasteiger partial charge in [-0.25, -0.2) is 4.39 Å². The summed E-state index contributed by atoms with van der Waals surface area (Å²) in [6, 6.07) is 44.4. The van der Waals surface area contributed by atoms with Crippen molar-refractivity contribution in [1.29, 1.82) is 0 Å². The Balaban J connectivity index is 0.000000164. The number of nitro benzene ring substituents is 1. The number of aryl methyl sites for hydroxylation is 1. The maximum absolute atomic E-state index is 12.8. The van der Waals surface area contributed by atoms with E-state index in [0.29, 0.717) is 135 Å². The standard InChI is InChI=1S/C14H11NO2.C14H17NO2.C12H9NO2.C11H9NO4.C11H11NO2.C10H8FNO2.C10H8N2O4.C10H9NO2.2CO2/c1-2-15-13(16)11-8-7-9-5-3-4-6-10(9)12(11)14(15)17;1-5-15-12(16)10-7-6-9(14(2,3)4)8-11(10)13(15)17;1-3-8-5-6-9-10(7-8)12(15)13(4-2)11(9)14;1-2-12-10(13)6-3-8-9(16-5-15-8)4-7(6)11(12)14;1-3-12-10(13)8-5-4-7(2)6-9(8)11(12)14;1-2-12-9(13)7-4-3-6(11)5-8(7)10(12)14;1-2-11-9(13)7-4-3-6(12(15)16)5-8(7)10(11)14;1-2-11-9(12)7-5-3-4-6-8(7)10(11)13;2*2-1-3/h3-8H,2H2,1H3;6-8H,5H2,1-4H3;1,5-7H,4H2,2H3;3-4H,2,5H2,1H3;4-6H,3H2,1-2H3;3-5H,2H2,1H3;3-5H,2H2,1H3;3-6H,2H2,1H3;;. The molecule has 654 valence electrons. The van der Waals surface area contributed by atoms with Gasteiger partial charge in [0.1, 0.15) is 5.82 Å². The molecule has 0 saturated heterocycles. The second kappa shape index (κ2) is 40.7. The first-order valence-electron chi connectivity index (χ1n) is 39.8. The Kier molecular flexibility index (Phi) is 30.4. The minimum Gasteiger partial charge on any atom is -0.454 e. The molecule has 0 saturated carbocycles. The fourth-order valence-electron chi connectivity index (χ4n) is 14.5. The molecular weight excluding hydrogens is 1660 g/mol. The summed E-state index contributed by atoms with van der Waals surface area (Å²) in [4.78, 5) is 240. The van der Waals surface area contributed by atoms with Gasteiger partial charge in [0.15, 0.2) is 11.5 Å². The number of imide groups is 8. The number of hydrogen-bond donors (Lipinski definition) is 0. The molecule has 0 unspecified atom stereocenters. The van der Waals surface area contributed by atoms with E-state index in [1.54, 1.807) is 120 Å². The van der Waals surface area contributed by atoms with Gasteiger partial charge in [-0.15, -0.1) is 6.42 Å². The van der Waals surface area contributed by atoms with Gasteiger partial charge in [-0.2, -0.15) is 19.2 Å². The fraction of sp³-hybridized carbons (Fsp3) is 0.234. The Bertz CT molecular complexity index is 6130. The monoisotopic (exact) mass is 1740 g/mol. The van der Waals surface area contributed by atoms with E-state index in [1.807, 2.05) is 69.3 Å². The van der Waals surface area contributed by atoms with Crippen LogP contribution in [0.5, 0.6) is 11.5 Å². The molecule has 0 aliphatic carbocycles. The lowest BCUT2D eigenvalue weighted by atomic mass is 9.85. The van der Waals surface area contributed by atoms with Crippen molar-refractivity contribution in [3.8, 4) is 23.8 Å². The van der Waals surface area contributed by atoms with E-state index >= 15 is 0 Å². The van der Waals surface area contributed by atoms with Crippen LogP contribution in [0, 0.1) is 35.2 Å². The number of halogens is 1. The summed E-state index contributed by atoms with van der Waals surface area (Å²) in [7, 11) is 0. The first-order valence-corrected chi connectivity index (χ1v) is 39.8. The third-order valence-electron chi connectivity index (χ3n) is 20.9. The molecule has 0 atom stereocenters. The van der Waals surface area contributed by atoms with Crippen LogP contribution in [0.4, 0.5) is 10.1 Å². The number of fused-ring (bicyclic) bond motifs is 11. The highest BCUT2D eigenvalue weighted by Gasteiger charge is 2.42. The Morgan fingerprint density at radius 2 is 0.648 bits per heavy atom. The number of amides is 16. The predicted molar refractivity (Wildman–Crippen MR) is 451 cm³/mol. The van der Waals surface area contributed by atoms with Crippen molar-refractivity contribution in [3.05, 3.63) is 285 Å². The number of non-ortho nitro benzene ring substituents is 1. The minimum absolute atomic E-state index is 0.0159. The highest BCUT2D eigenvalue weighted by Crippen LogP contribution is 2.39. The van der Waals surface area contributed by atoms with Crippen molar-refractivity contribution in [2.45, 2.75) is 88.5 Å². The van der Waals surface area contributed by atoms with Gasteiger partial charge in [-0.1, -0.05) is 86.9 Å². The molecule has 9 heterocycles. The van der Waals surface area contributed by atoms with Gasteiger partial charge in [0.05, 0.1) is 93.9 Å². The van der Waals surface area contributed by atoms with Crippen molar-refractivity contribution in [2.24, 2.45) is 0 Å². The third-order valence-corrected chi connectivity index (χ3v) is 20.9. The van der Waals surface area contributed by atoms with Crippen LogP contribution >= 0.6 is 0 Å². The molecule has 9 aromatic rings. The van der Waals surface area contributed by atoms with Crippen LogP contribution in [-0.2, 0) is 24.6 Å². The Morgan fingerprint density at radius 3 is 1.04 bits per heavy atom. The number of carbonyl (C=O) groups excluding carboxylic acids is 20. The molecule has 9 aromatic carbocycles. The van der Waals surface area contributed by atoms with E-state index in [0.717, 1.165) is 43.8 Å². The number of carbonyl (C=O) groups is 16. The van der Waals surface area contributed by atoms with E-state index in [9.17, 15) is 91.2 Å². The van der Waals surface area contributed by atoms with E-state index in [4.69, 9.17) is 35.1 Å². The molecule has 18 rings (SSSR count). The van der Waals surface area contributed by atoms with E-state index in [2.05, 4.69) is 26.7 Å². The van der Waals surface area contributed by atoms with Crippen molar-refractivity contribution < 1.29 is 115 Å². The lowest BCUT2D eigenvalue weighted by Gasteiger charge is -2.19. The summed E-state index contributed by atoms with van der Waals surface area (Å²) in [5.41, 5.74) is 9.23. The lowest BCUT2D eigenvalue weighted by Crippen LogP contribution is -2.29. The Hall–Kier alpha value is -16.4. The maximum Gasteiger partial charge on any atom is 0.373 e. The van der Waals surface area contributed by atoms with Crippen molar-refractivity contribution in [3.63, 3.8) is 0 Å². The molecule has 33 nitrogen and oxygen atoms in total. The highest BCUT2D eigenvalue weighted by atomic mass is 19.1. The lowest BCUT2D eigenvalue weighted by molar-refractivity contribution is -0.384. The molecule has 9 aliphatic rings. The van der Waals surface area contributed by atoms with Crippen molar-refractivity contribution in [2.75, 3.05) is 59.2 Å². The van der Waals surface area contributed by atoms with E-state index in [1.165, 1.54) is 53.7 Å². The van der Waals surface area contributed by atoms with Gasteiger partial charge in [0.25, 0.3) is 100 Å². The molecule has 0 fully saturated rings. The van der Waals surface area contributed by atoms with Crippen LogP contribution in [0.15, 0.2) is 164 Å². The molecular formula is C94H82FN9O24. The summed E-state index contributed by atoms with van der Waals surface area (Å²) in [5, 5.41) is 12.4. The molecule has 128 heavy (non-hydrogen) atoms. The van der Waals surface area contributed by atoms with Gasteiger partial charge < -0.3 is 9.47 Å². The van der Waals surface area contributed by atoms with Crippen LogP contribution in [0.25, 0.3) is 10.8 Å². The second-order valence-electron chi connectivity index (χ2n) is 29.2. The minimum atomic E-state index is -0.591. The molecule has 0 aromatic heterocycles. The van der Waals surface area contributed by atoms with Gasteiger partial charge in [-0.3, -0.25) is 126 Å². The number of benzene rings is 9.